The van der Waals surface area contributed by atoms with Crippen LogP contribution in [0.1, 0.15) is 12.8 Å². The zero-order valence-electron chi connectivity index (χ0n) is 12.0. The Morgan fingerprint density at radius 1 is 1.24 bits per heavy atom. The molecule has 122 valence electrons. The number of carbonyl (C=O) groups excluding carboxylic acids is 1. The zero-order valence-corrected chi connectivity index (χ0v) is 12.0. The quantitative estimate of drug-likeness (QED) is 0.774. The van der Waals surface area contributed by atoms with Gasteiger partial charge in [0.2, 0.25) is 5.91 Å². The van der Waals surface area contributed by atoms with E-state index >= 15 is 0 Å². The molecule has 2 aliphatic rings. The van der Waals surface area contributed by atoms with E-state index < -0.39 is 17.5 Å². The molecular formula is C13H22F3N3O2. The molecule has 0 spiro atoms. The Labute approximate surface area is 122 Å². The summed E-state index contributed by atoms with van der Waals surface area (Å²) >= 11 is 0. The van der Waals surface area contributed by atoms with Crippen LogP contribution in [0.5, 0.6) is 0 Å². The molecule has 8 heteroatoms. The van der Waals surface area contributed by atoms with Crippen LogP contribution in [0.2, 0.25) is 0 Å². The summed E-state index contributed by atoms with van der Waals surface area (Å²) < 4.78 is 40.2. The molecule has 0 aromatic carbocycles. The van der Waals surface area contributed by atoms with Crippen molar-refractivity contribution in [2.45, 2.75) is 19.0 Å². The summed E-state index contributed by atoms with van der Waals surface area (Å²) in [7, 11) is 0. The van der Waals surface area contributed by atoms with Crippen molar-refractivity contribution in [3.05, 3.63) is 0 Å². The Bertz CT molecular complexity index is 370. The standard InChI is InChI=1S/C13H22F3N3O2/c14-13(15,16)12(2-3-17-10-12)11(21)19-5-1-4-18(6-7-19)8-9-20/h17,20H,1-10H2. The van der Waals surface area contributed by atoms with Crippen LogP contribution in [0.3, 0.4) is 0 Å². The van der Waals surface area contributed by atoms with E-state index in [1.807, 2.05) is 4.90 Å². The van der Waals surface area contributed by atoms with E-state index in [1.165, 1.54) is 4.90 Å². The summed E-state index contributed by atoms with van der Waals surface area (Å²) in [6.45, 7) is 2.24. The van der Waals surface area contributed by atoms with Crippen molar-refractivity contribution in [2.75, 3.05) is 52.4 Å². The third kappa shape index (κ3) is 3.32. The van der Waals surface area contributed by atoms with E-state index in [0.29, 0.717) is 32.6 Å². The number of nitrogens with one attached hydrogen (secondary N) is 1. The molecule has 0 aliphatic carbocycles. The van der Waals surface area contributed by atoms with E-state index in [0.717, 1.165) is 0 Å². The van der Waals surface area contributed by atoms with Gasteiger partial charge in [0, 0.05) is 32.7 Å². The Morgan fingerprint density at radius 3 is 2.57 bits per heavy atom. The number of halogens is 3. The van der Waals surface area contributed by atoms with E-state index in [9.17, 15) is 18.0 Å². The van der Waals surface area contributed by atoms with Gasteiger partial charge in [-0.25, -0.2) is 0 Å². The van der Waals surface area contributed by atoms with Crippen molar-refractivity contribution in [1.82, 2.24) is 15.1 Å². The lowest BCUT2D eigenvalue weighted by Crippen LogP contribution is -2.54. The predicted octanol–water partition coefficient (Wildman–Crippen LogP) is 0.0550. The summed E-state index contributed by atoms with van der Waals surface area (Å²) in [5.74, 6) is -0.800. The first-order valence-electron chi connectivity index (χ1n) is 7.31. The van der Waals surface area contributed by atoms with Crippen molar-refractivity contribution in [2.24, 2.45) is 5.41 Å². The van der Waals surface area contributed by atoms with Gasteiger partial charge in [0.1, 0.15) is 0 Å². The highest BCUT2D eigenvalue weighted by Crippen LogP contribution is 2.44. The normalized spacial score (nSPS) is 28.7. The number of carbonyl (C=O) groups is 1. The SMILES string of the molecule is O=C(N1CCCN(CCO)CC1)C1(C(F)(F)F)CCNC1. The molecule has 0 aromatic heterocycles. The van der Waals surface area contributed by atoms with Gasteiger partial charge in [-0.05, 0) is 25.9 Å². The first-order valence-corrected chi connectivity index (χ1v) is 7.31. The largest absolute Gasteiger partial charge is 0.404 e. The minimum atomic E-state index is -4.52. The minimum absolute atomic E-state index is 0.0182. The summed E-state index contributed by atoms with van der Waals surface area (Å²) in [6, 6.07) is 0. The Kier molecular flexibility index (Phi) is 5.11. The number of amides is 1. The van der Waals surface area contributed by atoms with Crippen LogP contribution in [0.15, 0.2) is 0 Å². The van der Waals surface area contributed by atoms with Crippen LogP contribution >= 0.6 is 0 Å². The Hall–Kier alpha value is -0.860. The van der Waals surface area contributed by atoms with Crippen LogP contribution in [0, 0.1) is 5.41 Å². The summed E-state index contributed by atoms with van der Waals surface area (Å²) in [4.78, 5) is 15.8. The maximum Gasteiger partial charge on any atom is 0.404 e. The number of alkyl halides is 3. The molecule has 2 saturated heterocycles. The zero-order chi connectivity index (χ0) is 15.5. The first kappa shape index (κ1) is 16.5. The van der Waals surface area contributed by atoms with Gasteiger partial charge < -0.3 is 15.3 Å². The molecule has 2 N–H and O–H groups in total. The van der Waals surface area contributed by atoms with Crippen molar-refractivity contribution in [1.29, 1.82) is 0 Å². The molecule has 5 nitrogen and oxygen atoms in total. The fraction of sp³-hybridized carbons (Fsp3) is 0.923. The van der Waals surface area contributed by atoms with Gasteiger partial charge in [0.05, 0.1) is 6.61 Å². The molecule has 2 rings (SSSR count). The first-order chi connectivity index (χ1) is 9.90. The Morgan fingerprint density at radius 2 is 2.00 bits per heavy atom. The summed E-state index contributed by atoms with van der Waals surface area (Å²) in [5.41, 5.74) is -2.26. The number of aliphatic hydroxyl groups is 1. The summed E-state index contributed by atoms with van der Waals surface area (Å²) in [6.07, 6.45) is -4.08. The molecule has 1 unspecified atom stereocenters. The average molecular weight is 309 g/mol. The molecule has 0 aromatic rings. The highest BCUT2D eigenvalue weighted by molar-refractivity contribution is 5.84. The number of rotatable bonds is 3. The molecule has 0 saturated carbocycles. The van der Waals surface area contributed by atoms with Crippen LogP contribution in [0.25, 0.3) is 0 Å². The second kappa shape index (κ2) is 6.50. The number of β-amino-alcohol motifs (C(OH)–C–C–N with tert-alkyl or cyclic N) is 1. The van der Waals surface area contributed by atoms with Gasteiger partial charge in [-0.3, -0.25) is 9.69 Å². The molecule has 21 heavy (non-hydrogen) atoms. The van der Waals surface area contributed by atoms with Gasteiger partial charge in [-0.2, -0.15) is 13.2 Å². The fourth-order valence-electron chi connectivity index (χ4n) is 3.08. The van der Waals surface area contributed by atoms with Crippen LogP contribution < -0.4 is 5.32 Å². The predicted molar refractivity (Wildman–Crippen MR) is 70.7 cm³/mol. The highest BCUT2D eigenvalue weighted by Gasteiger charge is 2.62. The van der Waals surface area contributed by atoms with Gasteiger partial charge in [-0.1, -0.05) is 0 Å². The van der Waals surface area contributed by atoms with Crippen LogP contribution in [-0.2, 0) is 4.79 Å². The fourth-order valence-corrected chi connectivity index (χ4v) is 3.08. The molecule has 0 radical (unpaired) electrons. The third-order valence-electron chi connectivity index (χ3n) is 4.40. The summed E-state index contributed by atoms with van der Waals surface area (Å²) in [5, 5.41) is 11.6. The van der Waals surface area contributed by atoms with Gasteiger partial charge in [0.25, 0.3) is 0 Å². The van der Waals surface area contributed by atoms with Gasteiger partial charge >= 0.3 is 6.18 Å². The minimum Gasteiger partial charge on any atom is -0.395 e. The number of aliphatic hydroxyl groups excluding tert-OH is 1. The number of hydrogen-bond donors (Lipinski definition) is 2. The second-order valence-electron chi connectivity index (χ2n) is 5.72. The molecular weight excluding hydrogens is 287 g/mol. The van der Waals surface area contributed by atoms with Crippen molar-refractivity contribution in [3.63, 3.8) is 0 Å². The second-order valence-corrected chi connectivity index (χ2v) is 5.72. The van der Waals surface area contributed by atoms with Gasteiger partial charge in [-0.15, -0.1) is 0 Å². The molecule has 1 amide bonds. The van der Waals surface area contributed by atoms with E-state index in [2.05, 4.69) is 5.32 Å². The van der Waals surface area contributed by atoms with E-state index in [1.54, 1.807) is 0 Å². The van der Waals surface area contributed by atoms with E-state index in [-0.39, 0.29) is 32.7 Å². The lowest BCUT2D eigenvalue weighted by atomic mass is 9.84. The molecule has 0 bridgehead atoms. The van der Waals surface area contributed by atoms with E-state index in [4.69, 9.17) is 5.11 Å². The van der Waals surface area contributed by atoms with Crippen LogP contribution in [0.4, 0.5) is 13.2 Å². The highest BCUT2D eigenvalue weighted by atomic mass is 19.4. The smallest absolute Gasteiger partial charge is 0.395 e. The van der Waals surface area contributed by atoms with Crippen molar-refractivity contribution in [3.8, 4) is 0 Å². The van der Waals surface area contributed by atoms with Gasteiger partial charge in [0.15, 0.2) is 5.41 Å². The molecule has 2 heterocycles. The lowest BCUT2D eigenvalue weighted by Gasteiger charge is -2.34. The maximum absolute atomic E-state index is 13.4. The lowest BCUT2D eigenvalue weighted by molar-refractivity contribution is -0.221. The van der Waals surface area contributed by atoms with Crippen LogP contribution in [-0.4, -0.2) is 79.4 Å². The number of hydrogen-bond acceptors (Lipinski definition) is 4. The average Bonchev–Trinajstić information content (AvgIpc) is 2.81. The number of nitrogens with zero attached hydrogens (tertiary/aromatic N) is 2. The van der Waals surface area contributed by atoms with Crippen molar-refractivity contribution < 1.29 is 23.1 Å². The Balaban J connectivity index is 2.08. The van der Waals surface area contributed by atoms with Crippen molar-refractivity contribution >= 4 is 5.91 Å². The monoisotopic (exact) mass is 309 g/mol. The molecule has 2 aliphatic heterocycles. The molecule has 1 atom stereocenters. The topological polar surface area (TPSA) is 55.8 Å². The maximum atomic E-state index is 13.4. The molecule has 2 fully saturated rings. The third-order valence-corrected chi connectivity index (χ3v) is 4.40.